The van der Waals surface area contributed by atoms with E-state index in [9.17, 15) is 14.7 Å². The van der Waals surface area contributed by atoms with Crippen molar-refractivity contribution in [2.45, 2.75) is 38.8 Å². The first-order valence-electron chi connectivity index (χ1n) is 6.08. The molecular formula is C11H21N3O3. The molecule has 0 aliphatic carbocycles. The Hall–Kier alpha value is -1.30. The van der Waals surface area contributed by atoms with E-state index in [1.807, 2.05) is 0 Å². The van der Waals surface area contributed by atoms with Gasteiger partial charge in [-0.3, -0.25) is 0 Å². The molecule has 1 saturated heterocycles. The van der Waals surface area contributed by atoms with Gasteiger partial charge in [-0.05, 0) is 6.42 Å². The van der Waals surface area contributed by atoms with Crippen LogP contribution >= 0.6 is 0 Å². The number of aliphatic hydroxyl groups excluding tert-OH is 1. The van der Waals surface area contributed by atoms with Crippen LogP contribution in [0.25, 0.3) is 0 Å². The number of carbonyl (C=O) groups is 2. The van der Waals surface area contributed by atoms with Crippen molar-refractivity contribution in [3.05, 3.63) is 0 Å². The molecule has 4 amide bonds. The van der Waals surface area contributed by atoms with Crippen molar-refractivity contribution in [1.29, 1.82) is 0 Å². The molecule has 0 spiro atoms. The van der Waals surface area contributed by atoms with E-state index in [-0.39, 0.29) is 6.54 Å². The average Bonchev–Trinajstić information content (AvgIpc) is 2.53. The maximum absolute atomic E-state index is 11.7. The summed E-state index contributed by atoms with van der Waals surface area (Å²) in [6.45, 7) is 2.83. The van der Waals surface area contributed by atoms with Crippen LogP contribution in [-0.4, -0.2) is 53.3 Å². The Kier molecular flexibility index (Phi) is 5.21. The molecule has 0 radical (unpaired) electrons. The summed E-state index contributed by atoms with van der Waals surface area (Å²) in [4.78, 5) is 25.4. The molecule has 0 saturated carbocycles. The molecule has 1 rings (SSSR count). The Morgan fingerprint density at radius 2 is 2.18 bits per heavy atom. The standard InChI is InChI=1S/C11H21N3O3/c1-3-4-5-6-7-12-10(16)14-9(15)8-13(2)11(14)17/h9,15H,3-8H2,1-2H3,(H,12,16). The predicted octanol–water partition coefficient (Wildman–Crippen LogP) is 0.962. The Labute approximate surface area is 102 Å². The lowest BCUT2D eigenvalue weighted by molar-refractivity contribution is 0.0810. The van der Waals surface area contributed by atoms with Gasteiger partial charge in [0.2, 0.25) is 0 Å². The molecule has 0 aromatic heterocycles. The molecule has 1 aliphatic heterocycles. The maximum Gasteiger partial charge on any atom is 0.330 e. The van der Waals surface area contributed by atoms with Crippen molar-refractivity contribution in [2.75, 3.05) is 20.1 Å². The van der Waals surface area contributed by atoms with Crippen LogP contribution in [0.3, 0.4) is 0 Å². The SMILES string of the molecule is CCCCCCNC(=O)N1C(=O)N(C)CC1O. The van der Waals surface area contributed by atoms with Crippen molar-refractivity contribution >= 4 is 12.1 Å². The number of nitrogens with one attached hydrogen (secondary N) is 1. The fourth-order valence-corrected chi connectivity index (χ4v) is 1.77. The first-order chi connectivity index (χ1) is 8.07. The Balaban J connectivity index is 2.30. The van der Waals surface area contributed by atoms with E-state index >= 15 is 0 Å². The van der Waals surface area contributed by atoms with Gasteiger partial charge in [0.15, 0.2) is 6.23 Å². The van der Waals surface area contributed by atoms with Gasteiger partial charge >= 0.3 is 12.1 Å². The minimum Gasteiger partial charge on any atom is -0.371 e. The lowest BCUT2D eigenvalue weighted by Gasteiger charge is -2.17. The van der Waals surface area contributed by atoms with E-state index in [1.165, 1.54) is 4.90 Å². The number of aliphatic hydroxyl groups is 1. The zero-order chi connectivity index (χ0) is 12.8. The molecule has 0 bridgehead atoms. The number of nitrogens with zero attached hydrogens (tertiary/aromatic N) is 2. The van der Waals surface area contributed by atoms with Crippen molar-refractivity contribution in [3.63, 3.8) is 0 Å². The highest BCUT2D eigenvalue weighted by Gasteiger charge is 2.38. The highest BCUT2D eigenvalue weighted by molar-refractivity contribution is 5.95. The zero-order valence-electron chi connectivity index (χ0n) is 10.5. The molecule has 6 heteroatoms. The number of hydrogen-bond donors (Lipinski definition) is 2. The molecule has 1 heterocycles. The summed E-state index contributed by atoms with van der Waals surface area (Å²) in [6.07, 6.45) is 3.20. The van der Waals surface area contributed by atoms with Crippen LogP contribution in [0.1, 0.15) is 32.6 Å². The second-order valence-corrected chi connectivity index (χ2v) is 4.31. The first kappa shape index (κ1) is 13.8. The summed E-state index contributed by atoms with van der Waals surface area (Å²) in [6, 6.07) is -0.966. The topological polar surface area (TPSA) is 72.9 Å². The van der Waals surface area contributed by atoms with Crippen LogP contribution < -0.4 is 5.32 Å². The van der Waals surface area contributed by atoms with E-state index in [2.05, 4.69) is 12.2 Å². The lowest BCUT2D eigenvalue weighted by Crippen LogP contribution is -2.46. The van der Waals surface area contributed by atoms with Crippen LogP contribution in [-0.2, 0) is 0 Å². The summed E-state index contributed by atoms with van der Waals surface area (Å²) in [7, 11) is 1.56. The Bertz CT molecular complexity index is 283. The number of imide groups is 1. The number of unbranched alkanes of at least 4 members (excludes halogenated alkanes) is 3. The molecular weight excluding hydrogens is 222 g/mol. The highest BCUT2D eigenvalue weighted by Crippen LogP contribution is 2.12. The van der Waals surface area contributed by atoms with Gasteiger partial charge in [-0.2, -0.15) is 0 Å². The predicted molar refractivity (Wildman–Crippen MR) is 63.4 cm³/mol. The number of hydrogen-bond acceptors (Lipinski definition) is 3. The minimum absolute atomic E-state index is 0.169. The maximum atomic E-state index is 11.7. The number of β-amino-alcohol motifs (C(OH)–C–C–N with tert-alkyl or cyclic N) is 1. The van der Waals surface area contributed by atoms with Crippen LogP contribution in [0.15, 0.2) is 0 Å². The van der Waals surface area contributed by atoms with Gasteiger partial charge < -0.3 is 15.3 Å². The number of urea groups is 2. The summed E-state index contributed by atoms with van der Waals surface area (Å²) in [5, 5.41) is 12.2. The van der Waals surface area contributed by atoms with Gasteiger partial charge in [-0.25, -0.2) is 14.5 Å². The van der Waals surface area contributed by atoms with Gasteiger partial charge in [0.25, 0.3) is 0 Å². The Morgan fingerprint density at radius 3 is 2.71 bits per heavy atom. The number of likely N-dealkylation sites (N-methyl/N-ethyl adjacent to an activating group) is 1. The molecule has 1 unspecified atom stereocenters. The largest absolute Gasteiger partial charge is 0.371 e. The quantitative estimate of drug-likeness (QED) is 0.706. The van der Waals surface area contributed by atoms with Crippen molar-refractivity contribution in [3.8, 4) is 0 Å². The van der Waals surface area contributed by atoms with Crippen molar-refractivity contribution in [2.24, 2.45) is 0 Å². The Morgan fingerprint density at radius 1 is 1.47 bits per heavy atom. The zero-order valence-corrected chi connectivity index (χ0v) is 10.5. The number of rotatable bonds is 5. The third-order valence-electron chi connectivity index (χ3n) is 2.79. The smallest absolute Gasteiger partial charge is 0.330 e. The second kappa shape index (κ2) is 6.44. The van der Waals surface area contributed by atoms with Gasteiger partial charge in [-0.1, -0.05) is 26.2 Å². The number of carbonyl (C=O) groups excluding carboxylic acids is 2. The van der Waals surface area contributed by atoms with E-state index in [0.717, 1.165) is 30.6 Å². The molecule has 0 aromatic carbocycles. The van der Waals surface area contributed by atoms with Crippen molar-refractivity contribution in [1.82, 2.24) is 15.1 Å². The summed E-state index contributed by atoms with van der Waals surface area (Å²) >= 11 is 0. The van der Waals surface area contributed by atoms with Gasteiger partial charge in [0.1, 0.15) is 0 Å². The van der Waals surface area contributed by atoms with Crippen LogP contribution in [0.2, 0.25) is 0 Å². The molecule has 0 aromatic rings. The molecule has 6 nitrogen and oxygen atoms in total. The van der Waals surface area contributed by atoms with Gasteiger partial charge in [0, 0.05) is 13.6 Å². The number of amides is 4. The third-order valence-corrected chi connectivity index (χ3v) is 2.79. The van der Waals surface area contributed by atoms with Crippen LogP contribution in [0, 0.1) is 0 Å². The lowest BCUT2D eigenvalue weighted by atomic mass is 10.2. The van der Waals surface area contributed by atoms with E-state index in [4.69, 9.17) is 0 Å². The molecule has 2 N–H and O–H groups in total. The summed E-state index contributed by atoms with van der Waals surface area (Å²) < 4.78 is 0. The second-order valence-electron chi connectivity index (χ2n) is 4.31. The van der Waals surface area contributed by atoms with Gasteiger partial charge in [0.05, 0.1) is 6.54 Å². The monoisotopic (exact) mass is 243 g/mol. The van der Waals surface area contributed by atoms with Gasteiger partial charge in [-0.15, -0.1) is 0 Å². The first-order valence-corrected chi connectivity index (χ1v) is 6.08. The van der Waals surface area contributed by atoms with Crippen LogP contribution in [0.4, 0.5) is 9.59 Å². The summed E-state index contributed by atoms with van der Waals surface area (Å²) in [5.74, 6) is 0. The molecule has 17 heavy (non-hydrogen) atoms. The molecule has 1 fully saturated rings. The molecule has 1 aliphatic rings. The van der Waals surface area contributed by atoms with Crippen LogP contribution in [0.5, 0.6) is 0 Å². The third kappa shape index (κ3) is 3.59. The fraction of sp³-hybridized carbons (Fsp3) is 0.818. The fourth-order valence-electron chi connectivity index (χ4n) is 1.77. The van der Waals surface area contributed by atoms with E-state index in [0.29, 0.717) is 6.54 Å². The molecule has 98 valence electrons. The normalized spacial score (nSPS) is 19.9. The molecule has 1 atom stereocenters. The van der Waals surface area contributed by atoms with E-state index < -0.39 is 18.3 Å². The highest BCUT2D eigenvalue weighted by atomic mass is 16.3. The minimum atomic E-state index is -1.04. The van der Waals surface area contributed by atoms with E-state index in [1.54, 1.807) is 7.05 Å². The summed E-state index contributed by atoms with van der Waals surface area (Å²) in [5.41, 5.74) is 0. The average molecular weight is 243 g/mol. The van der Waals surface area contributed by atoms with Crippen molar-refractivity contribution < 1.29 is 14.7 Å².